The van der Waals surface area contributed by atoms with E-state index in [1.165, 1.54) is 4.31 Å². The maximum absolute atomic E-state index is 13.3. The second kappa shape index (κ2) is 7.51. The fourth-order valence-corrected chi connectivity index (χ4v) is 5.82. The molecule has 1 heterocycles. The lowest BCUT2D eigenvalue weighted by Gasteiger charge is -2.49. The fourth-order valence-electron chi connectivity index (χ4n) is 4.22. The Labute approximate surface area is 155 Å². The van der Waals surface area contributed by atoms with E-state index in [-0.39, 0.29) is 23.8 Å². The van der Waals surface area contributed by atoms with Crippen molar-refractivity contribution in [3.63, 3.8) is 0 Å². The van der Waals surface area contributed by atoms with Crippen LogP contribution in [-0.2, 0) is 19.6 Å². The number of hydrogen-bond acceptors (Lipinski definition) is 4. The minimum absolute atomic E-state index is 0.0283. The second-order valence-electron chi connectivity index (χ2n) is 7.37. The van der Waals surface area contributed by atoms with Gasteiger partial charge in [0.1, 0.15) is 18.6 Å². The van der Waals surface area contributed by atoms with Crippen LogP contribution in [0.3, 0.4) is 0 Å². The van der Waals surface area contributed by atoms with E-state index in [1.54, 1.807) is 24.3 Å². The number of nitrogens with zero attached hydrogens (tertiary/aromatic N) is 1. The molecular weight excluding hydrogens is 350 g/mol. The maximum Gasteiger partial charge on any atom is 0.245 e. The zero-order chi connectivity index (χ0) is 18.8. The Bertz CT molecular complexity index is 801. The molecule has 1 saturated heterocycles. The van der Waals surface area contributed by atoms with Crippen LogP contribution >= 0.6 is 0 Å². The molecule has 2 aliphatic rings. The summed E-state index contributed by atoms with van der Waals surface area (Å²) in [6, 6.07) is 6.67. The van der Waals surface area contributed by atoms with Crippen molar-refractivity contribution >= 4 is 15.8 Å². The molecule has 6 heteroatoms. The lowest BCUT2D eigenvalue weighted by Crippen LogP contribution is -2.59. The van der Waals surface area contributed by atoms with Gasteiger partial charge in [0.25, 0.3) is 0 Å². The van der Waals surface area contributed by atoms with Gasteiger partial charge in [-0.05, 0) is 31.9 Å². The first kappa shape index (κ1) is 19.1. The summed E-state index contributed by atoms with van der Waals surface area (Å²) < 4.78 is 33.7. The Kier molecular flexibility index (Phi) is 5.52. The summed E-state index contributed by atoms with van der Waals surface area (Å²) in [7, 11) is -3.85. The minimum Gasteiger partial charge on any atom is -0.349 e. The summed E-state index contributed by atoms with van der Waals surface area (Å²) in [6.45, 7) is 1.77. The van der Waals surface area contributed by atoms with Gasteiger partial charge in [0.15, 0.2) is 0 Å². The van der Waals surface area contributed by atoms with Crippen LogP contribution < -0.4 is 0 Å². The smallest absolute Gasteiger partial charge is 0.245 e. The number of rotatable bonds is 4. The van der Waals surface area contributed by atoms with Crippen molar-refractivity contribution in [2.75, 3.05) is 13.2 Å². The van der Waals surface area contributed by atoms with E-state index in [2.05, 4.69) is 5.92 Å². The van der Waals surface area contributed by atoms with Gasteiger partial charge in [-0.25, -0.2) is 8.42 Å². The van der Waals surface area contributed by atoms with Gasteiger partial charge < -0.3 is 4.74 Å². The van der Waals surface area contributed by atoms with E-state index < -0.39 is 21.7 Å². The molecule has 1 aliphatic heterocycles. The third-order valence-corrected chi connectivity index (χ3v) is 7.27. The van der Waals surface area contributed by atoms with E-state index >= 15 is 0 Å². The first-order valence-corrected chi connectivity index (χ1v) is 10.5. The molecule has 3 rings (SSSR count). The number of benzene rings is 1. The van der Waals surface area contributed by atoms with Gasteiger partial charge in [0.2, 0.25) is 10.0 Å². The standard InChI is InChI=1S/C20H25NO4S/c1-3-13-25-19-20(11-5-4-6-12-20)14-17(22)15-21(19)26(23,24)18-9-7-16(2)8-10-18/h1,7-10,19H,4-6,11-15H2,2H3. The summed E-state index contributed by atoms with van der Waals surface area (Å²) in [6.07, 6.45) is 9.65. The average molecular weight is 375 g/mol. The van der Waals surface area contributed by atoms with Crippen LogP contribution in [0.5, 0.6) is 0 Å². The summed E-state index contributed by atoms with van der Waals surface area (Å²) in [5, 5.41) is 0. The zero-order valence-corrected chi connectivity index (χ0v) is 15.9. The molecule has 0 N–H and O–H groups in total. The summed E-state index contributed by atoms with van der Waals surface area (Å²) in [5.74, 6) is 2.39. The number of ketones is 1. The summed E-state index contributed by atoms with van der Waals surface area (Å²) in [5.41, 5.74) is 0.505. The molecule has 1 aromatic rings. The van der Waals surface area contributed by atoms with Gasteiger partial charge in [-0.3, -0.25) is 4.79 Å². The van der Waals surface area contributed by atoms with E-state index in [9.17, 15) is 13.2 Å². The molecule has 0 amide bonds. The van der Waals surface area contributed by atoms with Gasteiger partial charge >= 0.3 is 0 Å². The van der Waals surface area contributed by atoms with Crippen molar-refractivity contribution in [1.82, 2.24) is 4.31 Å². The Morgan fingerprint density at radius 1 is 1.23 bits per heavy atom. The first-order valence-electron chi connectivity index (χ1n) is 9.04. The Morgan fingerprint density at radius 3 is 2.50 bits per heavy atom. The van der Waals surface area contributed by atoms with Crippen molar-refractivity contribution in [1.29, 1.82) is 0 Å². The number of hydrogen-bond donors (Lipinski definition) is 0. The van der Waals surface area contributed by atoms with Crippen LogP contribution in [0.4, 0.5) is 0 Å². The number of Topliss-reactive ketones (excluding diaryl/α,β-unsaturated/α-hetero) is 1. The Balaban J connectivity index is 2.02. The zero-order valence-electron chi connectivity index (χ0n) is 15.1. The summed E-state index contributed by atoms with van der Waals surface area (Å²) >= 11 is 0. The second-order valence-corrected chi connectivity index (χ2v) is 9.26. The number of aryl methyl sites for hydroxylation is 1. The maximum atomic E-state index is 13.3. The van der Waals surface area contributed by atoms with Crippen LogP contribution in [0.15, 0.2) is 29.2 Å². The molecule has 1 atom stereocenters. The largest absolute Gasteiger partial charge is 0.349 e. The third kappa shape index (κ3) is 3.57. The molecule has 0 aromatic heterocycles. The molecule has 1 aromatic carbocycles. The highest BCUT2D eigenvalue weighted by Gasteiger charge is 2.52. The predicted octanol–water partition coefficient (Wildman–Crippen LogP) is 2.88. The molecule has 1 aliphatic carbocycles. The number of carbonyl (C=O) groups excluding carboxylic acids is 1. The quantitative estimate of drug-likeness (QED) is 0.759. The van der Waals surface area contributed by atoms with Gasteiger partial charge in [-0.15, -0.1) is 6.42 Å². The highest BCUT2D eigenvalue weighted by molar-refractivity contribution is 7.89. The van der Waals surface area contributed by atoms with Crippen LogP contribution in [0.1, 0.15) is 44.1 Å². The van der Waals surface area contributed by atoms with Crippen molar-refractivity contribution in [2.45, 2.75) is 56.6 Å². The molecular formula is C20H25NO4S. The number of sulfonamides is 1. The number of carbonyl (C=O) groups is 1. The average Bonchev–Trinajstić information content (AvgIpc) is 2.61. The Hall–Kier alpha value is -1.68. The van der Waals surface area contributed by atoms with Gasteiger partial charge in [-0.2, -0.15) is 4.31 Å². The van der Waals surface area contributed by atoms with E-state index in [4.69, 9.17) is 11.2 Å². The molecule has 1 saturated carbocycles. The molecule has 26 heavy (non-hydrogen) atoms. The molecule has 2 fully saturated rings. The number of terminal acetylenes is 1. The molecule has 5 nitrogen and oxygen atoms in total. The van der Waals surface area contributed by atoms with Crippen LogP contribution in [-0.4, -0.2) is 37.9 Å². The van der Waals surface area contributed by atoms with Gasteiger partial charge in [0.05, 0.1) is 11.4 Å². The van der Waals surface area contributed by atoms with Crippen LogP contribution in [0, 0.1) is 24.7 Å². The highest BCUT2D eigenvalue weighted by atomic mass is 32.2. The van der Waals surface area contributed by atoms with E-state index in [1.807, 2.05) is 6.92 Å². The van der Waals surface area contributed by atoms with Crippen molar-refractivity contribution in [2.24, 2.45) is 5.41 Å². The predicted molar refractivity (Wildman–Crippen MR) is 98.8 cm³/mol. The normalized spacial score (nSPS) is 23.7. The third-order valence-electron chi connectivity index (χ3n) is 5.47. The highest BCUT2D eigenvalue weighted by Crippen LogP contribution is 2.48. The number of piperidine rings is 1. The topological polar surface area (TPSA) is 63.7 Å². The van der Waals surface area contributed by atoms with Crippen LogP contribution in [0.25, 0.3) is 0 Å². The lowest BCUT2D eigenvalue weighted by molar-refractivity contribution is -0.155. The SMILES string of the molecule is C#CCOC1N(S(=O)(=O)c2ccc(C)cc2)CC(=O)CC12CCCCC2. The van der Waals surface area contributed by atoms with Crippen molar-refractivity contribution in [3.8, 4) is 12.3 Å². The minimum atomic E-state index is -3.85. The van der Waals surface area contributed by atoms with Crippen molar-refractivity contribution in [3.05, 3.63) is 29.8 Å². The Morgan fingerprint density at radius 2 is 1.88 bits per heavy atom. The van der Waals surface area contributed by atoms with E-state index in [0.29, 0.717) is 6.42 Å². The molecule has 1 unspecified atom stereocenters. The van der Waals surface area contributed by atoms with Crippen LogP contribution in [0.2, 0.25) is 0 Å². The lowest BCUT2D eigenvalue weighted by atomic mass is 9.68. The molecule has 140 valence electrons. The molecule has 0 bridgehead atoms. The van der Waals surface area contributed by atoms with E-state index in [0.717, 1.165) is 37.7 Å². The molecule has 1 spiro atoms. The summed E-state index contributed by atoms with van der Waals surface area (Å²) in [4.78, 5) is 12.7. The monoisotopic (exact) mass is 375 g/mol. The number of ether oxygens (including phenoxy) is 1. The molecule has 0 radical (unpaired) electrons. The fraction of sp³-hybridized carbons (Fsp3) is 0.550. The van der Waals surface area contributed by atoms with Crippen molar-refractivity contribution < 1.29 is 17.9 Å². The van der Waals surface area contributed by atoms with Gasteiger partial charge in [0, 0.05) is 11.8 Å². The van der Waals surface area contributed by atoms with Gasteiger partial charge in [-0.1, -0.05) is 42.9 Å². The first-order chi connectivity index (χ1) is 12.4.